The summed E-state index contributed by atoms with van der Waals surface area (Å²) >= 11 is 0. The van der Waals surface area contributed by atoms with E-state index in [2.05, 4.69) is 31.3 Å². The van der Waals surface area contributed by atoms with Gasteiger partial charge in [0.15, 0.2) is 5.78 Å². The molecule has 3 rings (SSSR count). The fourth-order valence-electron chi connectivity index (χ4n) is 4.49. The van der Waals surface area contributed by atoms with Gasteiger partial charge in [-0.25, -0.2) is 0 Å². The minimum atomic E-state index is -0.681. The second-order valence-corrected chi connectivity index (χ2v) is 7.31. The van der Waals surface area contributed by atoms with Crippen molar-refractivity contribution < 1.29 is 14.3 Å². The van der Waals surface area contributed by atoms with Crippen LogP contribution in [-0.4, -0.2) is 30.4 Å². The van der Waals surface area contributed by atoms with E-state index in [-0.39, 0.29) is 17.8 Å². The first-order chi connectivity index (χ1) is 11.4. The summed E-state index contributed by atoms with van der Waals surface area (Å²) in [7, 11) is 1.71. The van der Waals surface area contributed by atoms with Crippen molar-refractivity contribution in [3.8, 4) is 0 Å². The predicted octanol–water partition coefficient (Wildman–Crippen LogP) is 2.98. The van der Waals surface area contributed by atoms with E-state index in [1.807, 2.05) is 6.92 Å². The molecular weight excluding hydrogens is 302 g/mol. The Morgan fingerprint density at radius 2 is 1.88 bits per heavy atom. The number of nitrogens with one attached hydrogen (secondary N) is 1. The molecule has 1 amide bonds. The number of carbonyl (C=O) groups excluding carboxylic acids is 2. The minimum absolute atomic E-state index is 0.0590. The van der Waals surface area contributed by atoms with Gasteiger partial charge in [-0.2, -0.15) is 0 Å². The average Bonchev–Trinajstić information content (AvgIpc) is 2.79. The number of Topliss-reactive ketones (excluding diaryl/α,β-unsaturated/α-hetero) is 1. The lowest BCUT2D eigenvalue weighted by atomic mass is 9.74. The summed E-state index contributed by atoms with van der Waals surface area (Å²) in [6.07, 6.45) is 4.03. The maximum atomic E-state index is 13.3. The molecule has 1 aromatic rings. The van der Waals surface area contributed by atoms with Gasteiger partial charge in [-0.05, 0) is 62.6 Å². The van der Waals surface area contributed by atoms with Gasteiger partial charge in [-0.1, -0.05) is 24.6 Å². The van der Waals surface area contributed by atoms with Crippen LogP contribution in [-0.2, 0) is 20.7 Å². The molecule has 24 heavy (non-hydrogen) atoms. The summed E-state index contributed by atoms with van der Waals surface area (Å²) in [6, 6.07) is 4.18. The number of ether oxygens (including phenoxy) is 1. The van der Waals surface area contributed by atoms with E-state index in [0.29, 0.717) is 12.8 Å². The molecule has 1 saturated carbocycles. The summed E-state index contributed by atoms with van der Waals surface area (Å²) in [5.74, 6) is -0.721. The maximum Gasteiger partial charge on any atom is 0.235 e. The van der Waals surface area contributed by atoms with Crippen LogP contribution in [0, 0.1) is 13.8 Å². The van der Waals surface area contributed by atoms with Gasteiger partial charge in [0.25, 0.3) is 0 Å². The van der Waals surface area contributed by atoms with Gasteiger partial charge in [0.2, 0.25) is 5.91 Å². The zero-order valence-electron chi connectivity index (χ0n) is 15.1. The third-order valence-corrected chi connectivity index (χ3v) is 5.76. The standard InChI is InChI=1S/C20H27NO3/c1-5-14-11-12(2)10-13(3)16(14)17-18(22)20(21-19(17)23)8-6-15(24-4)7-9-20/h10-11,15,17H,5-9H2,1-4H3,(H,21,23). The Hall–Kier alpha value is -1.68. The molecule has 130 valence electrons. The molecule has 1 saturated heterocycles. The molecule has 2 fully saturated rings. The molecule has 1 atom stereocenters. The number of benzene rings is 1. The highest BCUT2D eigenvalue weighted by Crippen LogP contribution is 2.41. The summed E-state index contributed by atoms with van der Waals surface area (Å²) in [4.78, 5) is 26.0. The molecule has 0 aromatic heterocycles. The molecule has 1 aliphatic heterocycles. The molecule has 2 aliphatic rings. The summed E-state index contributed by atoms with van der Waals surface area (Å²) in [5, 5.41) is 3.06. The first-order valence-electron chi connectivity index (χ1n) is 8.91. The van der Waals surface area contributed by atoms with Crippen LogP contribution in [0.15, 0.2) is 12.1 Å². The van der Waals surface area contributed by atoms with Gasteiger partial charge >= 0.3 is 0 Å². The van der Waals surface area contributed by atoms with Crippen LogP contribution in [0.1, 0.15) is 60.8 Å². The van der Waals surface area contributed by atoms with E-state index < -0.39 is 11.5 Å². The number of methoxy groups -OCH3 is 1. The second-order valence-electron chi connectivity index (χ2n) is 7.31. The lowest BCUT2D eigenvalue weighted by Crippen LogP contribution is -2.50. The molecule has 1 aromatic carbocycles. The van der Waals surface area contributed by atoms with Crippen molar-refractivity contribution >= 4 is 11.7 Å². The Labute approximate surface area is 144 Å². The topological polar surface area (TPSA) is 55.4 Å². The molecule has 0 radical (unpaired) electrons. The zero-order chi connectivity index (χ0) is 17.5. The van der Waals surface area contributed by atoms with Gasteiger partial charge in [-0.3, -0.25) is 9.59 Å². The molecule has 1 unspecified atom stereocenters. The monoisotopic (exact) mass is 329 g/mol. The third kappa shape index (κ3) is 2.67. The SMILES string of the molecule is CCc1cc(C)cc(C)c1C1C(=O)NC2(CCC(OC)CC2)C1=O. The van der Waals surface area contributed by atoms with Crippen LogP contribution in [0.3, 0.4) is 0 Å². The van der Waals surface area contributed by atoms with Gasteiger partial charge < -0.3 is 10.1 Å². The molecular formula is C20H27NO3. The van der Waals surface area contributed by atoms with Crippen LogP contribution in [0.4, 0.5) is 0 Å². The highest BCUT2D eigenvalue weighted by molar-refractivity contribution is 6.17. The second kappa shape index (κ2) is 6.32. The van der Waals surface area contributed by atoms with E-state index >= 15 is 0 Å². The zero-order valence-corrected chi connectivity index (χ0v) is 15.1. The van der Waals surface area contributed by atoms with E-state index in [1.165, 1.54) is 5.56 Å². The maximum absolute atomic E-state index is 13.3. The lowest BCUT2D eigenvalue weighted by molar-refractivity contribution is -0.126. The number of amides is 1. The first kappa shape index (κ1) is 17.2. The lowest BCUT2D eigenvalue weighted by Gasteiger charge is -2.35. The Morgan fingerprint density at radius 3 is 2.46 bits per heavy atom. The van der Waals surface area contributed by atoms with Gasteiger partial charge in [0.1, 0.15) is 5.92 Å². The molecule has 1 heterocycles. The summed E-state index contributed by atoms with van der Waals surface area (Å²) in [6.45, 7) is 6.14. The van der Waals surface area contributed by atoms with Crippen LogP contribution in [0.25, 0.3) is 0 Å². The summed E-state index contributed by atoms with van der Waals surface area (Å²) < 4.78 is 5.41. The van der Waals surface area contributed by atoms with Crippen molar-refractivity contribution in [2.75, 3.05) is 7.11 Å². The van der Waals surface area contributed by atoms with Crippen molar-refractivity contribution in [1.29, 1.82) is 0 Å². The Balaban J connectivity index is 1.97. The van der Waals surface area contributed by atoms with Crippen LogP contribution in [0.5, 0.6) is 0 Å². The van der Waals surface area contributed by atoms with Gasteiger partial charge in [0.05, 0.1) is 11.6 Å². The Kier molecular flexibility index (Phi) is 4.52. The molecule has 4 nitrogen and oxygen atoms in total. The van der Waals surface area contributed by atoms with E-state index in [0.717, 1.165) is 36.0 Å². The molecule has 1 N–H and O–H groups in total. The fraction of sp³-hybridized carbons (Fsp3) is 0.600. The number of ketones is 1. The quantitative estimate of drug-likeness (QED) is 0.868. The highest BCUT2D eigenvalue weighted by atomic mass is 16.5. The van der Waals surface area contributed by atoms with Crippen molar-refractivity contribution in [2.24, 2.45) is 0 Å². The molecule has 1 spiro atoms. The van der Waals surface area contributed by atoms with Crippen molar-refractivity contribution in [1.82, 2.24) is 5.32 Å². The molecule has 0 bridgehead atoms. The number of hydrogen-bond acceptors (Lipinski definition) is 3. The Bertz CT molecular complexity index is 672. The van der Waals surface area contributed by atoms with Crippen molar-refractivity contribution in [3.05, 3.63) is 34.4 Å². The molecule has 1 aliphatic carbocycles. The minimum Gasteiger partial charge on any atom is -0.381 e. The van der Waals surface area contributed by atoms with Crippen LogP contribution < -0.4 is 5.32 Å². The summed E-state index contributed by atoms with van der Waals surface area (Å²) in [5.41, 5.74) is 3.58. The number of aryl methyl sites for hydroxylation is 3. The van der Waals surface area contributed by atoms with Crippen LogP contribution in [0.2, 0.25) is 0 Å². The van der Waals surface area contributed by atoms with E-state index in [1.54, 1.807) is 7.11 Å². The predicted molar refractivity (Wildman–Crippen MR) is 93.2 cm³/mol. The van der Waals surface area contributed by atoms with Crippen molar-refractivity contribution in [3.63, 3.8) is 0 Å². The third-order valence-electron chi connectivity index (χ3n) is 5.76. The first-order valence-corrected chi connectivity index (χ1v) is 8.91. The van der Waals surface area contributed by atoms with E-state index in [9.17, 15) is 9.59 Å². The number of rotatable bonds is 3. The van der Waals surface area contributed by atoms with E-state index in [4.69, 9.17) is 4.74 Å². The normalized spacial score (nSPS) is 30.0. The highest BCUT2D eigenvalue weighted by Gasteiger charge is 2.54. The van der Waals surface area contributed by atoms with Crippen molar-refractivity contribution in [2.45, 2.75) is 70.4 Å². The number of carbonyl (C=O) groups is 2. The molecule has 4 heteroatoms. The number of hydrogen-bond donors (Lipinski definition) is 1. The van der Waals surface area contributed by atoms with Gasteiger partial charge in [0, 0.05) is 7.11 Å². The largest absolute Gasteiger partial charge is 0.381 e. The average molecular weight is 329 g/mol. The van der Waals surface area contributed by atoms with Gasteiger partial charge in [-0.15, -0.1) is 0 Å². The van der Waals surface area contributed by atoms with Crippen LogP contribution >= 0.6 is 0 Å². The Morgan fingerprint density at radius 1 is 1.21 bits per heavy atom. The fourth-order valence-corrected chi connectivity index (χ4v) is 4.49. The smallest absolute Gasteiger partial charge is 0.235 e.